The maximum atomic E-state index is 9.27. The summed E-state index contributed by atoms with van der Waals surface area (Å²) in [4.78, 5) is 0. The summed E-state index contributed by atoms with van der Waals surface area (Å²) in [7, 11) is 0. The van der Waals surface area contributed by atoms with Crippen molar-refractivity contribution >= 4 is 34.5 Å². The molecule has 0 saturated heterocycles. The van der Waals surface area contributed by atoms with Crippen molar-refractivity contribution in [3.8, 4) is 5.75 Å². The quantitative estimate of drug-likeness (QED) is 0.684. The molecule has 4 heteroatoms. The van der Waals surface area contributed by atoms with Gasteiger partial charge in [0.1, 0.15) is 5.75 Å². The van der Waals surface area contributed by atoms with Gasteiger partial charge >= 0.3 is 0 Å². The summed E-state index contributed by atoms with van der Waals surface area (Å²) in [5, 5.41) is 9.85. The first-order valence-electron chi connectivity index (χ1n) is 4.01. The van der Waals surface area contributed by atoms with Crippen molar-refractivity contribution in [3.63, 3.8) is 0 Å². The molecule has 0 aromatic heterocycles. The van der Waals surface area contributed by atoms with E-state index in [2.05, 4.69) is 32.9 Å². The van der Waals surface area contributed by atoms with E-state index in [9.17, 15) is 5.11 Å². The number of rotatable bonds is 3. The Morgan fingerprint density at radius 1 is 1.46 bits per heavy atom. The SMILES string of the molecule is CCN(I)Cc1cc(O)cc(Cl)c1. The minimum atomic E-state index is 0.225. The molecule has 0 fully saturated rings. The topological polar surface area (TPSA) is 23.5 Å². The predicted molar refractivity (Wildman–Crippen MR) is 63.2 cm³/mol. The van der Waals surface area contributed by atoms with Crippen LogP contribution in [-0.4, -0.2) is 14.8 Å². The molecule has 0 aliphatic carbocycles. The maximum Gasteiger partial charge on any atom is 0.117 e. The number of aromatic hydroxyl groups is 1. The maximum absolute atomic E-state index is 9.27. The molecule has 0 radical (unpaired) electrons. The van der Waals surface area contributed by atoms with Crippen LogP contribution < -0.4 is 0 Å². The van der Waals surface area contributed by atoms with Crippen LogP contribution in [-0.2, 0) is 6.54 Å². The van der Waals surface area contributed by atoms with Crippen LogP contribution in [0, 0.1) is 0 Å². The van der Waals surface area contributed by atoms with E-state index in [0.717, 1.165) is 18.7 Å². The highest BCUT2D eigenvalue weighted by Crippen LogP contribution is 2.21. The molecule has 0 aliphatic heterocycles. The van der Waals surface area contributed by atoms with Crippen LogP contribution in [0.5, 0.6) is 5.75 Å². The van der Waals surface area contributed by atoms with Gasteiger partial charge in [0, 0.05) is 41.0 Å². The monoisotopic (exact) mass is 311 g/mol. The number of phenols is 1. The van der Waals surface area contributed by atoms with E-state index in [4.69, 9.17) is 11.6 Å². The number of hydrogen-bond acceptors (Lipinski definition) is 2. The standard InChI is InChI=1S/C9H11ClINO/c1-2-12(11)6-7-3-8(10)5-9(13)4-7/h3-5,13H,2,6H2,1H3. The second-order valence-corrected chi connectivity index (χ2v) is 4.56. The van der Waals surface area contributed by atoms with Gasteiger partial charge in [0.25, 0.3) is 0 Å². The lowest BCUT2D eigenvalue weighted by atomic mass is 10.2. The molecular formula is C9H11ClINO. The van der Waals surface area contributed by atoms with E-state index in [0.29, 0.717) is 5.02 Å². The van der Waals surface area contributed by atoms with Gasteiger partial charge in [-0.05, 0) is 23.8 Å². The third kappa shape index (κ3) is 3.70. The molecule has 1 N–H and O–H groups in total. The summed E-state index contributed by atoms with van der Waals surface area (Å²) in [6.07, 6.45) is 0. The summed E-state index contributed by atoms with van der Waals surface area (Å²) in [5.41, 5.74) is 1.03. The third-order valence-corrected chi connectivity index (χ3v) is 2.88. The minimum absolute atomic E-state index is 0.225. The van der Waals surface area contributed by atoms with Crippen molar-refractivity contribution in [3.05, 3.63) is 28.8 Å². The Hall–Kier alpha value is -0.000000000000000111. The van der Waals surface area contributed by atoms with Crippen molar-refractivity contribution in [2.45, 2.75) is 13.5 Å². The number of halogens is 2. The first-order valence-corrected chi connectivity index (χ1v) is 5.35. The summed E-state index contributed by atoms with van der Waals surface area (Å²) in [5.74, 6) is 0.225. The highest BCUT2D eigenvalue weighted by Gasteiger charge is 2.02. The zero-order chi connectivity index (χ0) is 9.84. The van der Waals surface area contributed by atoms with Gasteiger partial charge in [0.15, 0.2) is 0 Å². The van der Waals surface area contributed by atoms with E-state index < -0.39 is 0 Å². The highest BCUT2D eigenvalue weighted by molar-refractivity contribution is 14.1. The van der Waals surface area contributed by atoms with Crippen LogP contribution in [0.25, 0.3) is 0 Å². The first kappa shape index (κ1) is 11.1. The Kier molecular flexibility index (Phi) is 4.28. The zero-order valence-electron chi connectivity index (χ0n) is 7.30. The molecule has 1 aromatic carbocycles. The van der Waals surface area contributed by atoms with Gasteiger partial charge in [-0.2, -0.15) is 0 Å². The molecule has 1 rings (SSSR count). The number of phenolic OH excluding ortho intramolecular Hbond substituents is 1. The average molecular weight is 312 g/mol. The predicted octanol–water partition coefficient (Wildman–Crippen LogP) is 3.22. The Balaban J connectivity index is 2.77. The van der Waals surface area contributed by atoms with Gasteiger partial charge in [-0.25, -0.2) is 3.11 Å². The highest BCUT2D eigenvalue weighted by atomic mass is 127. The molecular weight excluding hydrogens is 300 g/mol. The Labute approximate surface area is 97.0 Å². The summed E-state index contributed by atoms with van der Waals surface area (Å²) in [6.45, 7) is 3.84. The Bertz CT molecular complexity index is 273. The van der Waals surface area contributed by atoms with E-state index in [1.165, 1.54) is 6.07 Å². The van der Waals surface area contributed by atoms with Crippen molar-refractivity contribution in [2.24, 2.45) is 0 Å². The molecule has 13 heavy (non-hydrogen) atoms. The zero-order valence-corrected chi connectivity index (χ0v) is 10.2. The molecule has 0 bridgehead atoms. The van der Waals surface area contributed by atoms with Crippen LogP contribution >= 0.6 is 34.5 Å². The van der Waals surface area contributed by atoms with Crippen LogP contribution in [0.3, 0.4) is 0 Å². The normalized spacial score (nSPS) is 10.8. The lowest BCUT2D eigenvalue weighted by molar-refractivity contribution is 0.471. The third-order valence-electron chi connectivity index (χ3n) is 1.64. The molecule has 0 aliphatic rings. The lowest BCUT2D eigenvalue weighted by Gasteiger charge is -2.11. The lowest BCUT2D eigenvalue weighted by Crippen LogP contribution is -2.09. The molecule has 72 valence electrons. The minimum Gasteiger partial charge on any atom is -0.508 e. The van der Waals surface area contributed by atoms with Crippen molar-refractivity contribution in [1.82, 2.24) is 3.11 Å². The molecule has 1 aromatic rings. The molecule has 0 amide bonds. The van der Waals surface area contributed by atoms with Gasteiger partial charge in [0.2, 0.25) is 0 Å². The first-order chi connectivity index (χ1) is 6.11. The Morgan fingerprint density at radius 2 is 2.15 bits per heavy atom. The van der Waals surface area contributed by atoms with Gasteiger partial charge in [-0.3, -0.25) is 0 Å². The fourth-order valence-corrected chi connectivity index (χ4v) is 1.68. The van der Waals surface area contributed by atoms with Gasteiger partial charge in [-0.15, -0.1) is 0 Å². The van der Waals surface area contributed by atoms with E-state index in [1.807, 2.05) is 6.07 Å². The fraction of sp³-hybridized carbons (Fsp3) is 0.333. The van der Waals surface area contributed by atoms with Gasteiger partial charge in [-0.1, -0.05) is 18.5 Å². The fourth-order valence-electron chi connectivity index (χ4n) is 1.03. The van der Waals surface area contributed by atoms with E-state index in [-0.39, 0.29) is 5.75 Å². The number of benzene rings is 1. The van der Waals surface area contributed by atoms with Gasteiger partial charge in [0.05, 0.1) is 0 Å². The smallest absolute Gasteiger partial charge is 0.117 e. The molecule has 0 spiro atoms. The second-order valence-electron chi connectivity index (χ2n) is 2.75. The van der Waals surface area contributed by atoms with E-state index >= 15 is 0 Å². The summed E-state index contributed by atoms with van der Waals surface area (Å²) >= 11 is 8.04. The van der Waals surface area contributed by atoms with Crippen LogP contribution in [0.15, 0.2) is 18.2 Å². The molecule has 0 saturated carbocycles. The molecule has 2 nitrogen and oxygen atoms in total. The van der Waals surface area contributed by atoms with Crippen molar-refractivity contribution < 1.29 is 5.11 Å². The van der Waals surface area contributed by atoms with Crippen LogP contribution in [0.4, 0.5) is 0 Å². The van der Waals surface area contributed by atoms with E-state index in [1.54, 1.807) is 6.07 Å². The molecule has 0 heterocycles. The molecule has 0 unspecified atom stereocenters. The second kappa shape index (κ2) is 5.02. The number of nitrogens with zero attached hydrogens (tertiary/aromatic N) is 1. The average Bonchev–Trinajstić information content (AvgIpc) is 2.02. The van der Waals surface area contributed by atoms with Crippen molar-refractivity contribution in [1.29, 1.82) is 0 Å². The van der Waals surface area contributed by atoms with Gasteiger partial charge < -0.3 is 5.11 Å². The van der Waals surface area contributed by atoms with Crippen LogP contribution in [0.1, 0.15) is 12.5 Å². The number of hydrogen-bond donors (Lipinski definition) is 1. The Morgan fingerprint density at radius 3 is 2.69 bits per heavy atom. The van der Waals surface area contributed by atoms with Crippen molar-refractivity contribution in [2.75, 3.05) is 6.54 Å². The summed E-state index contributed by atoms with van der Waals surface area (Å²) < 4.78 is 2.11. The largest absolute Gasteiger partial charge is 0.508 e. The van der Waals surface area contributed by atoms with Crippen LogP contribution in [0.2, 0.25) is 5.02 Å². The molecule has 0 atom stereocenters. The summed E-state index contributed by atoms with van der Waals surface area (Å²) in [6, 6.07) is 5.13.